The summed E-state index contributed by atoms with van der Waals surface area (Å²) < 4.78 is 0. The summed E-state index contributed by atoms with van der Waals surface area (Å²) in [4.78, 5) is 0. The van der Waals surface area contributed by atoms with E-state index in [2.05, 4.69) is 41.0 Å². The van der Waals surface area contributed by atoms with Gasteiger partial charge in [0, 0.05) is 0 Å². The van der Waals surface area contributed by atoms with Crippen molar-refractivity contribution < 1.29 is 32.7 Å². The molecule has 4 atom stereocenters. The smallest absolute Gasteiger partial charge is 0.322 e. The monoisotopic (exact) mass is 242 g/mol. The molecule has 1 rings (SSSR count). The van der Waals surface area contributed by atoms with Crippen molar-refractivity contribution in [3.63, 3.8) is 0 Å². The summed E-state index contributed by atoms with van der Waals surface area (Å²) >= 11 is 0. The zero-order valence-corrected chi connectivity index (χ0v) is 11.9. The van der Waals surface area contributed by atoms with Crippen molar-refractivity contribution in [2.45, 2.75) is 34.6 Å². The maximum atomic E-state index is 2.52. The number of rotatable bonds is 0. The van der Waals surface area contributed by atoms with Crippen LogP contribution in [0.25, 0.3) is 0 Å². The molecule has 0 aromatic rings. The third-order valence-corrected chi connectivity index (χ3v) is 3.92. The molecule has 0 amide bonds. The summed E-state index contributed by atoms with van der Waals surface area (Å²) in [5, 5.41) is 0. The normalized spacial score (nSPS) is 48.2. The summed E-state index contributed by atoms with van der Waals surface area (Å²) in [5.74, 6) is 4.28. The van der Waals surface area contributed by atoms with E-state index >= 15 is 0 Å². The molecule has 1 fully saturated rings. The van der Waals surface area contributed by atoms with Gasteiger partial charge in [-0.1, -0.05) is 46.5 Å². The van der Waals surface area contributed by atoms with Gasteiger partial charge < -0.3 is 6.42 Å². The van der Waals surface area contributed by atoms with Gasteiger partial charge in [-0.15, -0.1) is 0 Å². The molecule has 0 heterocycles. The average Bonchev–Trinajstić information content (AvgIpc) is 1.97. The molecule has 0 radical (unpaired) electrons. The van der Waals surface area contributed by atoms with Crippen LogP contribution in [-0.2, 0) is 32.7 Å². The van der Waals surface area contributed by atoms with E-state index in [0.717, 1.165) is 29.6 Å². The molecule has 0 nitrogen and oxygen atoms in total. The van der Waals surface area contributed by atoms with Gasteiger partial charge in [0.15, 0.2) is 0 Å². The van der Waals surface area contributed by atoms with Crippen LogP contribution in [0.1, 0.15) is 34.6 Å². The summed E-state index contributed by atoms with van der Waals surface area (Å²) in [6.45, 7) is 11.9. The first-order chi connectivity index (χ1) is 5.04. The summed E-state index contributed by atoms with van der Waals surface area (Å²) in [7, 11) is 0. The van der Waals surface area contributed by atoms with Crippen molar-refractivity contribution in [3.05, 3.63) is 6.42 Å². The minimum Gasteiger partial charge on any atom is -0.322 e. The second-order valence-electron chi connectivity index (χ2n) is 4.49. The molecule has 1 saturated carbocycles. The zero-order chi connectivity index (χ0) is 8.59. The molecule has 0 aromatic heterocycles. The standard InChI is InChI=1S/C11H21.Y/c1-7-6-8(2)10(4)11(5)9(7)3;/h6-11H,1-5H3;/q-1;+3. The van der Waals surface area contributed by atoms with Gasteiger partial charge in [-0.05, 0) is 5.92 Å². The van der Waals surface area contributed by atoms with Crippen molar-refractivity contribution in [1.29, 1.82) is 0 Å². The zero-order valence-electron chi connectivity index (χ0n) is 9.04. The second kappa shape index (κ2) is 5.10. The van der Waals surface area contributed by atoms with Crippen molar-refractivity contribution in [2.24, 2.45) is 29.6 Å². The minimum absolute atomic E-state index is 0. The molecule has 0 N–H and O–H groups in total. The van der Waals surface area contributed by atoms with Crippen LogP contribution >= 0.6 is 0 Å². The molecule has 4 unspecified atom stereocenters. The van der Waals surface area contributed by atoms with Crippen molar-refractivity contribution >= 4 is 0 Å². The first-order valence-corrected chi connectivity index (χ1v) is 4.89. The Hall–Kier alpha value is 1.10. The average molecular weight is 242 g/mol. The van der Waals surface area contributed by atoms with Crippen LogP contribution in [0.5, 0.6) is 0 Å². The van der Waals surface area contributed by atoms with Gasteiger partial charge in [-0.3, -0.25) is 0 Å². The Labute approximate surface area is 103 Å². The molecule has 1 aliphatic rings. The summed E-state index contributed by atoms with van der Waals surface area (Å²) in [6.07, 6.45) is 2.52. The molecule has 12 heavy (non-hydrogen) atoms. The number of hydrogen-bond acceptors (Lipinski definition) is 0. The maximum absolute atomic E-state index is 2.52. The minimum atomic E-state index is 0. The Kier molecular flexibility index (Phi) is 5.57. The van der Waals surface area contributed by atoms with Crippen LogP contribution in [-0.4, -0.2) is 0 Å². The van der Waals surface area contributed by atoms with Crippen LogP contribution in [0.3, 0.4) is 0 Å². The van der Waals surface area contributed by atoms with Gasteiger partial charge >= 0.3 is 32.7 Å². The number of hydrogen-bond donors (Lipinski definition) is 0. The summed E-state index contributed by atoms with van der Waals surface area (Å²) in [5.41, 5.74) is 0. The van der Waals surface area contributed by atoms with E-state index in [0.29, 0.717) is 0 Å². The van der Waals surface area contributed by atoms with E-state index in [-0.39, 0.29) is 32.7 Å². The van der Waals surface area contributed by atoms with Gasteiger partial charge in [-0.25, -0.2) is 0 Å². The van der Waals surface area contributed by atoms with Gasteiger partial charge in [0.1, 0.15) is 0 Å². The summed E-state index contributed by atoms with van der Waals surface area (Å²) in [6, 6.07) is 0. The van der Waals surface area contributed by atoms with Gasteiger partial charge in [0.25, 0.3) is 0 Å². The fourth-order valence-corrected chi connectivity index (χ4v) is 2.27. The Morgan fingerprint density at radius 1 is 0.667 bits per heavy atom. The van der Waals surface area contributed by atoms with E-state index in [9.17, 15) is 0 Å². The SMILES string of the molecule is CC1[CH-]C(C)C(C)C(C)C1C.[Y+3]. The third kappa shape index (κ3) is 2.55. The first-order valence-electron chi connectivity index (χ1n) is 4.89. The molecule has 1 aliphatic carbocycles. The van der Waals surface area contributed by atoms with Crippen molar-refractivity contribution in [3.8, 4) is 0 Å². The quantitative estimate of drug-likeness (QED) is 0.571. The molecular weight excluding hydrogens is 221 g/mol. The molecular formula is C11H21Y+2. The van der Waals surface area contributed by atoms with Crippen molar-refractivity contribution in [2.75, 3.05) is 0 Å². The van der Waals surface area contributed by atoms with Crippen LogP contribution < -0.4 is 0 Å². The first kappa shape index (κ1) is 13.1. The second-order valence-corrected chi connectivity index (χ2v) is 4.49. The fourth-order valence-electron chi connectivity index (χ4n) is 2.27. The topological polar surface area (TPSA) is 0 Å². The maximum Gasteiger partial charge on any atom is 3.00 e. The Balaban J connectivity index is 0.00000121. The van der Waals surface area contributed by atoms with E-state index in [1.165, 1.54) is 0 Å². The largest absolute Gasteiger partial charge is 3.00 e. The molecule has 0 bridgehead atoms. The van der Waals surface area contributed by atoms with Crippen LogP contribution in [0.15, 0.2) is 0 Å². The predicted octanol–water partition coefficient (Wildman–Crippen LogP) is 3.38. The van der Waals surface area contributed by atoms with E-state index in [4.69, 9.17) is 0 Å². The molecule has 0 aliphatic heterocycles. The van der Waals surface area contributed by atoms with Crippen LogP contribution in [0.4, 0.5) is 0 Å². The van der Waals surface area contributed by atoms with E-state index < -0.39 is 0 Å². The van der Waals surface area contributed by atoms with Gasteiger partial charge in [-0.2, -0.15) is 11.8 Å². The Morgan fingerprint density at radius 2 is 1.00 bits per heavy atom. The molecule has 1 heteroatoms. The van der Waals surface area contributed by atoms with Crippen LogP contribution in [0.2, 0.25) is 0 Å². The van der Waals surface area contributed by atoms with E-state index in [1.54, 1.807) is 0 Å². The van der Waals surface area contributed by atoms with Gasteiger partial charge in [0.2, 0.25) is 0 Å². The third-order valence-electron chi connectivity index (χ3n) is 3.92. The Bertz CT molecular complexity index is 119. The molecule has 0 saturated heterocycles. The van der Waals surface area contributed by atoms with Crippen molar-refractivity contribution in [1.82, 2.24) is 0 Å². The molecule has 0 spiro atoms. The fraction of sp³-hybridized carbons (Fsp3) is 0.909. The molecule has 66 valence electrons. The molecule has 0 aromatic carbocycles. The van der Waals surface area contributed by atoms with Crippen LogP contribution in [0, 0.1) is 36.0 Å². The van der Waals surface area contributed by atoms with E-state index in [1.807, 2.05) is 0 Å². The Morgan fingerprint density at radius 3 is 1.33 bits per heavy atom. The van der Waals surface area contributed by atoms with Gasteiger partial charge in [0.05, 0.1) is 0 Å². The predicted molar refractivity (Wildman–Crippen MR) is 50.1 cm³/mol.